The Morgan fingerprint density at radius 2 is 1.58 bits per heavy atom. The Morgan fingerprint density at radius 3 is 1.83 bits per heavy atom. The summed E-state index contributed by atoms with van der Waals surface area (Å²) in [6.07, 6.45) is 0. The van der Waals surface area contributed by atoms with Crippen LogP contribution in [0, 0.1) is 0 Å². The van der Waals surface area contributed by atoms with Gasteiger partial charge >= 0.3 is 73.3 Å². The van der Waals surface area contributed by atoms with Crippen LogP contribution in [0.2, 0.25) is 0 Å². The van der Waals surface area contributed by atoms with Gasteiger partial charge < -0.3 is 5.11 Å². The Labute approximate surface area is 129 Å². The number of carboxylic acids is 1. The zero-order chi connectivity index (χ0) is 6.69. The van der Waals surface area contributed by atoms with Gasteiger partial charge in [0.05, 0.1) is 5.56 Å². The fourth-order valence-electron chi connectivity index (χ4n) is 0.581. The van der Waals surface area contributed by atoms with E-state index in [4.69, 9.17) is 5.11 Å². The van der Waals surface area contributed by atoms with Crippen LogP contribution in [0.25, 0.3) is 0 Å². The molecule has 0 amide bonds. The standard InChI is InChI=1S/C7H6O2.Ca.ClH.Na.3H/c8-7(9)6-4-2-1-3-5-6;;;;;;/h1-5H,(H,8,9);;1H;;;;. The fraction of sp³-hybridized carbons (Fsp3) is 0. The molecular weight excluding hydrogens is 215 g/mol. The number of hydrogen-bond acceptors (Lipinski definition) is 1. The van der Waals surface area contributed by atoms with Gasteiger partial charge in [0, 0.05) is 0 Å². The molecule has 1 aromatic carbocycles. The van der Waals surface area contributed by atoms with Crippen LogP contribution in [-0.4, -0.2) is 78.4 Å². The average molecular weight is 225 g/mol. The van der Waals surface area contributed by atoms with E-state index >= 15 is 0 Å². The molecule has 5 heteroatoms. The molecule has 12 heavy (non-hydrogen) atoms. The van der Waals surface area contributed by atoms with Crippen molar-refractivity contribution in [3.63, 3.8) is 0 Å². The second-order valence-corrected chi connectivity index (χ2v) is 1.67. The number of hydrogen-bond donors (Lipinski definition) is 1. The van der Waals surface area contributed by atoms with Crippen LogP contribution in [-0.2, 0) is 0 Å². The van der Waals surface area contributed by atoms with Crippen LogP contribution in [0.4, 0.5) is 0 Å². The van der Waals surface area contributed by atoms with E-state index in [0.717, 1.165) is 0 Å². The normalized spacial score (nSPS) is 6.67. The summed E-state index contributed by atoms with van der Waals surface area (Å²) in [6.45, 7) is 0. The van der Waals surface area contributed by atoms with E-state index in [1.807, 2.05) is 0 Å². The minimum absolute atomic E-state index is 0. The van der Waals surface area contributed by atoms with Crippen LogP contribution in [0.1, 0.15) is 10.4 Å². The molecule has 0 aliphatic carbocycles. The molecule has 0 saturated heterocycles. The molecule has 0 fully saturated rings. The van der Waals surface area contributed by atoms with Crippen LogP contribution in [0.3, 0.4) is 0 Å². The van der Waals surface area contributed by atoms with E-state index in [1.165, 1.54) is 0 Å². The first-order chi connectivity index (χ1) is 4.30. The summed E-state index contributed by atoms with van der Waals surface area (Å²) in [5.74, 6) is -0.879. The second-order valence-electron chi connectivity index (χ2n) is 1.67. The van der Waals surface area contributed by atoms with Crippen LogP contribution < -0.4 is 0 Å². The molecule has 0 aliphatic heterocycles. The molecular formula is C7H10CaClNaO2. The molecule has 0 aliphatic rings. The molecule has 2 nitrogen and oxygen atoms in total. The predicted octanol–water partition coefficient (Wildman–Crippen LogP) is 0.242. The van der Waals surface area contributed by atoms with Crippen molar-refractivity contribution in [2.45, 2.75) is 0 Å². The molecule has 0 heterocycles. The molecule has 0 saturated carbocycles. The summed E-state index contributed by atoms with van der Waals surface area (Å²) >= 11 is 0. The third-order valence-corrected chi connectivity index (χ3v) is 1.02. The van der Waals surface area contributed by atoms with Crippen molar-refractivity contribution < 1.29 is 9.90 Å². The summed E-state index contributed by atoms with van der Waals surface area (Å²) < 4.78 is 0. The number of carboxylic acid groups (broad SMARTS) is 1. The van der Waals surface area contributed by atoms with Gasteiger partial charge in [-0.25, -0.2) is 4.79 Å². The van der Waals surface area contributed by atoms with Crippen LogP contribution in [0.5, 0.6) is 0 Å². The minimum atomic E-state index is -0.879. The van der Waals surface area contributed by atoms with Crippen molar-refractivity contribution in [1.82, 2.24) is 0 Å². The van der Waals surface area contributed by atoms with Gasteiger partial charge in [0.15, 0.2) is 0 Å². The van der Waals surface area contributed by atoms with E-state index in [-0.39, 0.29) is 79.7 Å². The van der Waals surface area contributed by atoms with Gasteiger partial charge in [0.2, 0.25) is 0 Å². The van der Waals surface area contributed by atoms with Crippen molar-refractivity contribution in [3.05, 3.63) is 35.9 Å². The van der Waals surface area contributed by atoms with Gasteiger partial charge in [-0.3, -0.25) is 0 Å². The zero-order valence-corrected chi connectivity index (χ0v) is 5.97. The number of aromatic carboxylic acids is 1. The predicted molar refractivity (Wildman–Crippen MR) is 56.3 cm³/mol. The number of rotatable bonds is 1. The summed E-state index contributed by atoms with van der Waals surface area (Å²) in [5, 5.41) is 8.38. The zero-order valence-electron chi connectivity index (χ0n) is 5.15. The van der Waals surface area contributed by atoms with Crippen molar-refractivity contribution >= 4 is 85.7 Å². The third kappa shape index (κ3) is 6.72. The van der Waals surface area contributed by atoms with Crippen molar-refractivity contribution in [2.75, 3.05) is 0 Å². The first-order valence-electron chi connectivity index (χ1n) is 2.59. The van der Waals surface area contributed by atoms with E-state index in [2.05, 4.69) is 0 Å². The molecule has 1 N–H and O–H groups in total. The first-order valence-corrected chi connectivity index (χ1v) is 2.59. The van der Waals surface area contributed by atoms with Gasteiger partial charge in [0.1, 0.15) is 0 Å². The Kier molecular flexibility index (Phi) is 16.3. The maximum absolute atomic E-state index is 10.2. The second kappa shape index (κ2) is 10.3. The van der Waals surface area contributed by atoms with Gasteiger partial charge in [-0.05, 0) is 12.1 Å². The Bertz CT molecular complexity index is 218. The van der Waals surface area contributed by atoms with Gasteiger partial charge in [0.25, 0.3) is 0 Å². The molecule has 0 unspecified atom stereocenters. The maximum atomic E-state index is 10.2. The quantitative estimate of drug-likeness (QED) is 0.694. The van der Waals surface area contributed by atoms with Gasteiger partial charge in [-0.2, -0.15) is 0 Å². The van der Waals surface area contributed by atoms with Crippen molar-refractivity contribution in [2.24, 2.45) is 0 Å². The summed E-state index contributed by atoms with van der Waals surface area (Å²) in [4.78, 5) is 10.2. The van der Waals surface area contributed by atoms with Gasteiger partial charge in [-0.1, -0.05) is 18.2 Å². The fourth-order valence-corrected chi connectivity index (χ4v) is 0.581. The topological polar surface area (TPSA) is 37.3 Å². The average Bonchev–Trinajstić information content (AvgIpc) is 1.90. The van der Waals surface area contributed by atoms with Crippen LogP contribution in [0.15, 0.2) is 30.3 Å². The Balaban J connectivity index is -0.000000270. The summed E-state index contributed by atoms with van der Waals surface area (Å²) in [5.41, 5.74) is 0.331. The molecule has 1 rings (SSSR count). The number of carbonyl (C=O) groups is 1. The first kappa shape index (κ1) is 18.9. The van der Waals surface area contributed by atoms with E-state index in [0.29, 0.717) is 5.56 Å². The molecule has 0 bridgehead atoms. The third-order valence-electron chi connectivity index (χ3n) is 1.02. The number of halogens is 1. The molecule has 0 spiro atoms. The van der Waals surface area contributed by atoms with Crippen molar-refractivity contribution in [3.8, 4) is 0 Å². The monoisotopic (exact) mass is 224 g/mol. The molecule has 0 radical (unpaired) electrons. The molecule has 0 atom stereocenters. The summed E-state index contributed by atoms with van der Waals surface area (Å²) in [6, 6.07) is 8.30. The summed E-state index contributed by atoms with van der Waals surface area (Å²) in [7, 11) is 0. The Morgan fingerprint density at radius 1 is 1.17 bits per heavy atom. The number of benzene rings is 1. The molecule has 60 valence electrons. The van der Waals surface area contributed by atoms with E-state index in [1.54, 1.807) is 30.3 Å². The SMILES string of the molecule is Cl.O=C(O)c1ccccc1.[CaH2].[NaH]. The van der Waals surface area contributed by atoms with Crippen LogP contribution >= 0.6 is 12.4 Å². The Hall–Kier alpha value is 1.24. The van der Waals surface area contributed by atoms with Gasteiger partial charge in [-0.15, -0.1) is 12.4 Å². The van der Waals surface area contributed by atoms with E-state index < -0.39 is 5.97 Å². The van der Waals surface area contributed by atoms with Crippen molar-refractivity contribution in [1.29, 1.82) is 0 Å². The molecule has 0 aromatic heterocycles. The van der Waals surface area contributed by atoms with E-state index in [9.17, 15) is 4.79 Å². The molecule has 1 aromatic rings.